The highest BCUT2D eigenvalue weighted by Gasteiger charge is 2.30. The van der Waals surface area contributed by atoms with Crippen molar-refractivity contribution in [3.8, 4) is 5.75 Å². The molecule has 1 rings (SSSR count). The molecule has 0 spiro atoms. The summed E-state index contributed by atoms with van der Waals surface area (Å²) < 4.78 is 21.8. The molecule has 102 valence electrons. The van der Waals surface area contributed by atoms with Gasteiger partial charge in [-0.1, -0.05) is 40.2 Å². The first-order valence-corrected chi connectivity index (χ1v) is 7.72. The first kappa shape index (κ1) is 16.1. The summed E-state index contributed by atoms with van der Waals surface area (Å²) >= 11 is 3.33. The molecule has 0 radical (unpaired) electrons. The molecule has 0 heterocycles. The van der Waals surface area contributed by atoms with Crippen LogP contribution in [0.5, 0.6) is 5.75 Å². The van der Waals surface area contributed by atoms with Crippen LogP contribution in [0.3, 0.4) is 0 Å². The zero-order chi connectivity index (χ0) is 14.3. The number of aliphatic hydroxyl groups is 1. The lowest BCUT2D eigenvalue weighted by Crippen LogP contribution is -2.22. The second-order valence-corrected chi connectivity index (χ2v) is 5.03. The van der Waals surface area contributed by atoms with Gasteiger partial charge in [0.15, 0.2) is 11.9 Å². The van der Waals surface area contributed by atoms with Crippen LogP contribution in [-0.2, 0) is 14.4 Å². The summed E-state index contributed by atoms with van der Waals surface area (Å²) in [6.07, 6.45) is 0.829. The van der Waals surface area contributed by atoms with Crippen LogP contribution < -0.4 is 4.52 Å². The van der Waals surface area contributed by atoms with Gasteiger partial charge in [0.05, 0.1) is 0 Å². The highest BCUT2D eigenvalue weighted by Crippen LogP contribution is 2.30. The molecule has 0 saturated heterocycles. The highest BCUT2D eigenvalue weighted by atomic mass is 79.9. The van der Waals surface area contributed by atoms with E-state index < -0.39 is 20.5 Å². The van der Waals surface area contributed by atoms with Crippen molar-refractivity contribution < 1.29 is 18.7 Å². The predicted molar refractivity (Wildman–Crippen MR) is 78.6 cm³/mol. The minimum Gasteiger partial charge on any atom is -0.386 e. The zero-order valence-corrected chi connectivity index (χ0v) is 12.7. The van der Waals surface area contributed by atoms with Gasteiger partial charge in [0.2, 0.25) is 0 Å². The summed E-state index contributed by atoms with van der Waals surface area (Å²) in [5.41, 5.74) is 1.08. The Bertz CT molecular complexity index is 446. The van der Waals surface area contributed by atoms with E-state index in [-0.39, 0.29) is 0 Å². The second-order valence-electron chi connectivity index (χ2n) is 3.62. The summed E-state index contributed by atoms with van der Waals surface area (Å²) in [6, 6.07) is 7.08. The number of hydrogen-bond acceptors (Lipinski definition) is 4. The molecule has 0 aromatic heterocycles. The maximum atomic E-state index is 11.7. The molecular weight excluding hydrogens is 331 g/mol. The van der Waals surface area contributed by atoms with Crippen molar-refractivity contribution in [2.24, 2.45) is 0 Å². The Labute approximate surface area is 121 Å². The van der Waals surface area contributed by atoms with Gasteiger partial charge in [-0.25, -0.2) is 4.52 Å². The average molecular weight is 346 g/mol. The van der Waals surface area contributed by atoms with Crippen LogP contribution in [-0.4, -0.2) is 17.3 Å². The van der Waals surface area contributed by atoms with Crippen LogP contribution in [0.4, 0.5) is 0 Å². The molecule has 19 heavy (non-hydrogen) atoms. The number of halogens is 1. The topological polar surface area (TPSA) is 55.8 Å². The van der Waals surface area contributed by atoms with E-state index in [1.54, 1.807) is 12.1 Å². The Kier molecular flexibility index (Phi) is 6.95. The third kappa shape index (κ3) is 5.25. The van der Waals surface area contributed by atoms with Crippen molar-refractivity contribution >= 4 is 24.2 Å². The first-order valence-electron chi connectivity index (χ1n) is 5.50. The van der Waals surface area contributed by atoms with Gasteiger partial charge in [0.25, 0.3) is 0 Å². The lowest BCUT2D eigenvalue weighted by Gasteiger charge is -2.08. The van der Waals surface area contributed by atoms with Gasteiger partial charge in [-0.05, 0) is 17.7 Å². The van der Waals surface area contributed by atoms with E-state index in [2.05, 4.69) is 29.1 Å². The zero-order valence-electron chi connectivity index (χ0n) is 10.2. The average Bonchev–Trinajstić information content (AvgIpc) is 2.44. The molecule has 0 aliphatic heterocycles. The molecule has 1 aromatic carbocycles. The van der Waals surface area contributed by atoms with Crippen LogP contribution >= 0.6 is 24.2 Å². The highest BCUT2D eigenvalue weighted by molar-refractivity contribution is 9.08. The standard InChI is InChI=1S/C13H15BrO4P/c1-3-12(15)13(4-2)18-19(16)17-11-7-5-10(9-14)6-8-11/h3-8,12-13,15H,1-2,9H2/q+1. The van der Waals surface area contributed by atoms with Gasteiger partial charge in [0.1, 0.15) is 6.10 Å². The van der Waals surface area contributed by atoms with Gasteiger partial charge in [-0.3, -0.25) is 0 Å². The van der Waals surface area contributed by atoms with Gasteiger partial charge in [-0.15, -0.1) is 17.7 Å². The molecule has 4 nitrogen and oxygen atoms in total. The van der Waals surface area contributed by atoms with E-state index in [0.717, 1.165) is 10.9 Å². The summed E-state index contributed by atoms with van der Waals surface area (Å²) in [6.45, 7) is 6.91. The van der Waals surface area contributed by atoms with Crippen molar-refractivity contribution in [3.05, 3.63) is 55.1 Å². The largest absolute Gasteiger partial charge is 0.750 e. The lowest BCUT2D eigenvalue weighted by molar-refractivity contribution is 0.0957. The monoisotopic (exact) mass is 345 g/mol. The third-order valence-corrected chi connectivity index (χ3v) is 3.70. The number of aliphatic hydroxyl groups excluding tert-OH is 1. The van der Waals surface area contributed by atoms with Crippen LogP contribution in [0, 0.1) is 0 Å². The maximum Gasteiger partial charge on any atom is 0.750 e. The number of alkyl halides is 1. The van der Waals surface area contributed by atoms with Crippen LogP contribution in [0.2, 0.25) is 0 Å². The third-order valence-electron chi connectivity index (χ3n) is 2.28. The van der Waals surface area contributed by atoms with Crippen molar-refractivity contribution in [1.82, 2.24) is 0 Å². The molecule has 0 saturated carbocycles. The molecule has 1 N–H and O–H groups in total. The minimum absolute atomic E-state index is 0.432. The molecule has 0 fully saturated rings. The Morgan fingerprint density at radius 2 is 1.95 bits per heavy atom. The maximum absolute atomic E-state index is 11.7. The van der Waals surface area contributed by atoms with Gasteiger partial charge in [0, 0.05) is 9.90 Å². The van der Waals surface area contributed by atoms with Gasteiger partial charge < -0.3 is 5.11 Å². The fourth-order valence-electron chi connectivity index (χ4n) is 1.23. The molecule has 1 aromatic rings. The molecular formula is C13H15BrO4P+. The first-order chi connectivity index (χ1) is 9.10. The van der Waals surface area contributed by atoms with Crippen molar-refractivity contribution in [1.29, 1.82) is 0 Å². The summed E-state index contributed by atoms with van der Waals surface area (Å²) in [7, 11) is -2.39. The SMILES string of the molecule is C=CC(O)C(C=C)O[P+](=O)Oc1ccc(CBr)cc1. The van der Waals surface area contributed by atoms with E-state index in [9.17, 15) is 9.67 Å². The number of hydrogen-bond donors (Lipinski definition) is 1. The Morgan fingerprint density at radius 3 is 2.42 bits per heavy atom. The molecule has 0 bridgehead atoms. The van der Waals surface area contributed by atoms with Gasteiger partial charge >= 0.3 is 8.25 Å². The fraction of sp³-hybridized carbons (Fsp3) is 0.231. The van der Waals surface area contributed by atoms with E-state index in [1.165, 1.54) is 12.2 Å². The van der Waals surface area contributed by atoms with Crippen LogP contribution in [0.25, 0.3) is 0 Å². The summed E-state index contributed by atoms with van der Waals surface area (Å²) in [5, 5.41) is 10.2. The molecule has 0 amide bonds. The van der Waals surface area contributed by atoms with Crippen LogP contribution in [0.1, 0.15) is 5.56 Å². The molecule has 6 heteroatoms. The minimum atomic E-state index is -2.39. The number of benzene rings is 1. The van der Waals surface area contributed by atoms with Gasteiger partial charge in [-0.2, -0.15) is 0 Å². The van der Waals surface area contributed by atoms with E-state index in [0.29, 0.717) is 5.75 Å². The fourth-order valence-corrected chi connectivity index (χ4v) is 2.35. The molecule has 0 aliphatic carbocycles. The van der Waals surface area contributed by atoms with Crippen molar-refractivity contribution in [3.63, 3.8) is 0 Å². The van der Waals surface area contributed by atoms with E-state index >= 15 is 0 Å². The summed E-state index contributed by atoms with van der Waals surface area (Å²) in [5.74, 6) is 0.432. The number of rotatable bonds is 8. The van der Waals surface area contributed by atoms with Crippen molar-refractivity contribution in [2.75, 3.05) is 0 Å². The molecule has 3 unspecified atom stereocenters. The Balaban J connectivity index is 2.58. The van der Waals surface area contributed by atoms with Crippen LogP contribution in [0.15, 0.2) is 49.6 Å². The lowest BCUT2D eigenvalue weighted by atomic mass is 10.2. The summed E-state index contributed by atoms with van der Waals surface area (Å²) in [4.78, 5) is 0. The van der Waals surface area contributed by atoms with E-state index in [1.807, 2.05) is 12.1 Å². The predicted octanol–water partition coefficient (Wildman–Crippen LogP) is 3.74. The van der Waals surface area contributed by atoms with Crippen molar-refractivity contribution in [2.45, 2.75) is 17.5 Å². The Morgan fingerprint density at radius 1 is 1.32 bits per heavy atom. The second kappa shape index (κ2) is 8.23. The quantitative estimate of drug-likeness (QED) is 0.443. The Hall–Kier alpha value is -1.00. The molecule has 3 atom stereocenters. The smallest absolute Gasteiger partial charge is 0.386 e. The normalized spacial score (nSPS) is 14.3. The molecule has 0 aliphatic rings. The van der Waals surface area contributed by atoms with E-state index in [4.69, 9.17) is 9.05 Å².